The fraction of sp³-hybridized carbons (Fsp3) is 0.481. The molecular weight excluding hydrogens is 433 g/mol. The second-order valence-corrected chi connectivity index (χ2v) is 9.39. The van der Waals surface area contributed by atoms with Crippen molar-refractivity contribution >= 4 is 12.2 Å². The number of nitrogens with zero attached hydrogens (tertiary/aromatic N) is 2. The molecule has 7 heteroatoms. The number of benzene rings is 2. The maximum absolute atomic E-state index is 14.7. The monoisotopic (exact) mass is 467 g/mol. The van der Waals surface area contributed by atoms with E-state index in [9.17, 15) is 14.0 Å². The summed E-state index contributed by atoms with van der Waals surface area (Å²) in [5.74, 6) is -0.677. The summed E-state index contributed by atoms with van der Waals surface area (Å²) in [6.07, 6.45) is 0.897. The van der Waals surface area contributed by atoms with Gasteiger partial charge in [-0.15, -0.1) is 0 Å². The Hall–Kier alpha value is -2.61. The van der Waals surface area contributed by atoms with Gasteiger partial charge in [-0.05, 0) is 30.0 Å². The number of hydrogen-bond donors (Lipinski definition) is 1. The lowest BCUT2D eigenvalue weighted by Gasteiger charge is -2.48. The lowest BCUT2D eigenvalue weighted by molar-refractivity contribution is -0.119. The van der Waals surface area contributed by atoms with Crippen molar-refractivity contribution < 1.29 is 18.7 Å². The number of methoxy groups -OCH3 is 1. The van der Waals surface area contributed by atoms with Gasteiger partial charge >= 0.3 is 0 Å². The second kappa shape index (κ2) is 11.2. The SMILES string of the molecule is COCCN1C[C@H](C(=O)c2ccccc2)[C@H](c2cccc(F)c2C)[C@H](C2CN(C=O)CCN2)C1. The number of nitrogens with one attached hydrogen (secondary N) is 1. The number of halogens is 1. The molecular formula is C27H34FN3O3. The predicted octanol–water partition coefficient (Wildman–Crippen LogP) is 2.73. The number of ketones is 1. The minimum atomic E-state index is -0.341. The third-order valence-corrected chi connectivity index (χ3v) is 7.40. The van der Waals surface area contributed by atoms with Crippen molar-refractivity contribution in [2.75, 3.05) is 53.0 Å². The van der Waals surface area contributed by atoms with Gasteiger partial charge in [0.1, 0.15) is 5.82 Å². The molecule has 2 aromatic carbocycles. The van der Waals surface area contributed by atoms with Crippen LogP contribution in [0, 0.1) is 24.6 Å². The first-order valence-electron chi connectivity index (χ1n) is 12.0. The van der Waals surface area contributed by atoms with Gasteiger partial charge in [-0.1, -0.05) is 42.5 Å². The third-order valence-electron chi connectivity index (χ3n) is 7.40. The molecule has 182 valence electrons. The minimum absolute atomic E-state index is 0.00281. The molecule has 0 spiro atoms. The Labute approximate surface area is 201 Å². The molecule has 2 fully saturated rings. The summed E-state index contributed by atoms with van der Waals surface area (Å²) in [6.45, 7) is 6.34. The smallest absolute Gasteiger partial charge is 0.209 e. The normalized spacial score (nSPS) is 25.8. The van der Waals surface area contributed by atoms with Crippen LogP contribution in [0.5, 0.6) is 0 Å². The summed E-state index contributed by atoms with van der Waals surface area (Å²) in [6, 6.07) is 14.5. The molecule has 1 amide bonds. The van der Waals surface area contributed by atoms with Crippen LogP contribution in [0.3, 0.4) is 0 Å². The van der Waals surface area contributed by atoms with Crippen molar-refractivity contribution in [2.45, 2.75) is 18.9 Å². The summed E-state index contributed by atoms with van der Waals surface area (Å²) < 4.78 is 20.1. The summed E-state index contributed by atoms with van der Waals surface area (Å²) in [5, 5.41) is 3.60. The molecule has 4 atom stereocenters. The fourth-order valence-corrected chi connectivity index (χ4v) is 5.64. The Bertz CT molecular complexity index is 986. The maximum atomic E-state index is 14.7. The molecule has 0 aromatic heterocycles. The average molecular weight is 468 g/mol. The lowest BCUT2D eigenvalue weighted by Crippen LogP contribution is -2.60. The van der Waals surface area contributed by atoms with E-state index >= 15 is 0 Å². The van der Waals surface area contributed by atoms with Crippen LogP contribution in [0.15, 0.2) is 48.5 Å². The van der Waals surface area contributed by atoms with Crippen LogP contribution in [0.4, 0.5) is 4.39 Å². The molecule has 1 unspecified atom stereocenters. The molecule has 0 saturated carbocycles. The highest BCUT2D eigenvalue weighted by Gasteiger charge is 2.45. The van der Waals surface area contributed by atoms with Crippen LogP contribution >= 0.6 is 0 Å². The van der Waals surface area contributed by atoms with Gasteiger partial charge in [0.2, 0.25) is 6.41 Å². The second-order valence-electron chi connectivity index (χ2n) is 9.39. The molecule has 0 aliphatic carbocycles. The van der Waals surface area contributed by atoms with Crippen molar-refractivity contribution in [3.05, 3.63) is 71.0 Å². The summed E-state index contributed by atoms with van der Waals surface area (Å²) in [4.78, 5) is 29.6. The van der Waals surface area contributed by atoms with Crippen molar-refractivity contribution in [1.29, 1.82) is 0 Å². The number of ether oxygens (including phenoxy) is 1. The number of carbonyl (C=O) groups is 2. The van der Waals surface area contributed by atoms with Gasteiger partial charge in [0.05, 0.1) is 6.61 Å². The Morgan fingerprint density at radius 2 is 1.94 bits per heavy atom. The number of amides is 1. The highest BCUT2D eigenvalue weighted by atomic mass is 19.1. The summed E-state index contributed by atoms with van der Waals surface area (Å²) in [5.41, 5.74) is 2.15. The van der Waals surface area contributed by atoms with Gasteiger partial charge < -0.3 is 15.0 Å². The summed E-state index contributed by atoms with van der Waals surface area (Å²) in [7, 11) is 1.68. The van der Waals surface area contributed by atoms with E-state index < -0.39 is 0 Å². The van der Waals surface area contributed by atoms with Gasteiger partial charge in [-0.25, -0.2) is 4.39 Å². The van der Waals surface area contributed by atoms with Crippen LogP contribution in [0.25, 0.3) is 0 Å². The Morgan fingerprint density at radius 3 is 2.68 bits per heavy atom. The number of Topliss-reactive ketones (excluding diaryl/α,β-unsaturated/α-hetero) is 1. The van der Waals surface area contributed by atoms with E-state index in [4.69, 9.17) is 4.74 Å². The van der Waals surface area contributed by atoms with Crippen LogP contribution in [0.1, 0.15) is 27.4 Å². The van der Waals surface area contributed by atoms with Crippen molar-refractivity contribution in [3.63, 3.8) is 0 Å². The Balaban J connectivity index is 1.78. The number of carbonyl (C=O) groups excluding carboxylic acids is 2. The zero-order valence-electron chi connectivity index (χ0n) is 20.0. The molecule has 2 saturated heterocycles. The zero-order chi connectivity index (χ0) is 24.1. The van der Waals surface area contributed by atoms with E-state index in [0.717, 1.165) is 18.5 Å². The molecule has 2 aliphatic heterocycles. The summed E-state index contributed by atoms with van der Waals surface area (Å²) >= 11 is 0. The van der Waals surface area contributed by atoms with Gasteiger partial charge in [0.15, 0.2) is 5.78 Å². The number of piperidine rings is 1. The Morgan fingerprint density at radius 1 is 1.15 bits per heavy atom. The molecule has 4 rings (SSSR count). The maximum Gasteiger partial charge on any atom is 0.209 e. The standard InChI is InChI=1S/C27H34FN3O3/c1-19-21(9-6-10-24(19)28)26-22(25-17-31(18-32)12-11-29-25)15-30(13-14-34-2)16-23(26)27(33)20-7-4-3-5-8-20/h3-10,18,22-23,25-26,29H,11-17H2,1-2H3/t22-,23-,25?,26+/m0/s1. The van der Waals surface area contributed by atoms with Crippen LogP contribution in [-0.2, 0) is 9.53 Å². The topological polar surface area (TPSA) is 61.9 Å². The van der Waals surface area contributed by atoms with E-state index in [1.807, 2.05) is 36.4 Å². The van der Waals surface area contributed by atoms with E-state index in [0.29, 0.717) is 50.5 Å². The number of hydrogen-bond acceptors (Lipinski definition) is 5. The van der Waals surface area contributed by atoms with E-state index in [-0.39, 0.29) is 35.4 Å². The molecule has 6 nitrogen and oxygen atoms in total. The quantitative estimate of drug-likeness (QED) is 0.478. The lowest BCUT2D eigenvalue weighted by atomic mass is 9.67. The van der Waals surface area contributed by atoms with E-state index in [2.05, 4.69) is 10.2 Å². The van der Waals surface area contributed by atoms with Gasteiger partial charge in [-0.2, -0.15) is 0 Å². The van der Waals surface area contributed by atoms with Crippen molar-refractivity contribution in [2.24, 2.45) is 11.8 Å². The molecule has 2 aromatic rings. The van der Waals surface area contributed by atoms with Crippen LogP contribution in [-0.4, -0.2) is 81.0 Å². The molecule has 2 heterocycles. The van der Waals surface area contributed by atoms with E-state index in [1.165, 1.54) is 6.07 Å². The molecule has 1 N–H and O–H groups in total. The average Bonchev–Trinajstić information content (AvgIpc) is 2.88. The highest BCUT2D eigenvalue weighted by Crippen LogP contribution is 2.42. The van der Waals surface area contributed by atoms with Crippen molar-refractivity contribution in [3.8, 4) is 0 Å². The predicted molar refractivity (Wildman–Crippen MR) is 129 cm³/mol. The van der Waals surface area contributed by atoms with Gasteiger partial charge in [-0.3, -0.25) is 14.5 Å². The number of piperazine rings is 1. The minimum Gasteiger partial charge on any atom is -0.383 e. The molecule has 34 heavy (non-hydrogen) atoms. The zero-order valence-corrected chi connectivity index (χ0v) is 20.0. The van der Waals surface area contributed by atoms with Gasteiger partial charge in [0.25, 0.3) is 0 Å². The fourth-order valence-electron chi connectivity index (χ4n) is 5.64. The van der Waals surface area contributed by atoms with Crippen LogP contribution in [0.2, 0.25) is 0 Å². The van der Waals surface area contributed by atoms with Crippen LogP contribution < -0.4 is 5.32 Å². The largest absolute Gasteiger partial charge is 0.383 e. The first kappa shape index (κ1) is 24.5. The Kier molecular flexibility index (Phi) is 8.08. The first-order valence-corrected chi connectivity index (χ1v) is 12.0. The molecule has 0 bridgehead atoms. The highest BCUT2D eigenvalue weighted by molar-refractivity contribution is 5.98. The number of likely N-dealkylation sites (tertiary alicyclic amines) is 1. The van der Waals surface area contributed by atoms with Gasteiger partial charge in [0, 0.05) is 69.8 Å². The molecule has 0 radical (unpaired) electrons. The third kappa shape index (κ3) is 5.22. The molecule has 2 aliphatic rings. The first-order chi connectivity index (χ1) is 16.5. The van der Waals surface area contributed by atoms with E-state index in [1.54, 1.807) is 25.0 Å². The van der Waals surface area contributed by atoms with Crippen molar-refractivity contribution in [1.82, 2.24) is 15.1 Å². The number of rotatable bonds is 8.